The van der Waals surface area contributed by atoms with Crippen molar-refractivity contribution in [1.29, 1.82) is 0 Å². The van der Waals surface area contributed by atoms with Gasteiger partial charge in [-0.25, -0.2) is 0 Å². The summed E-state index contributed by atoms with van der Waals surface area (Å²) in [7, 11) is 2.21. The van der Waals surface area contributed by atoms with E-state index < -0.39 is 0 Å². The second-order valence-electron chi connectivity index (χ2n) is 5.74. The molecule has 2 aliphatic rings. The van der Waals surface area contributed by atoms with Gasteiger partial charge in [-0.05, 0) is 46.2 Å². The Morgan fingerprint density at radius 3 is 3.00 bits per heavy atom. The SMILES string of the molecule is CC1CC(NCCCOCC2CCCO2)CN1C. The van der Waals surface area contributed by atoms with Gasteiger partial charge in [0.05, 0.1) is 12.7 Å². The van der Waals surface area contributed by atoms with E-state index in [0.29, 0.717) is 12.1 Å². The van der Waals surface area contributed by atoms with E-state index in [0.717, 1.165) is 38.8 Å². The summed E-state index contributed by atoms with van der Waals surface area (Å²) in [6, 6.07) is 1.39. The molecule has 4 heteroatoms. The Kier molecular flexibility index (Phi) is 5.89. The van der Waals surface area contributed by atoms with Crippen molar-refractivity contribution in [1.82, 2.24) is 10.2 Å². The molecule has 2 saturated heterocycles. The zero-order valence-corrected chi connectivity index (χ0v) is 11.9. The first-order chi connectivity index (χ1) is 8.75. The minimum Gasteiger partial charge on any atom is -0.379 e. The van der Waals surface area contributed by atoms with Crippen molar-refractivity contribution in [3.05, 3.63) is 0 Å². The van der Waals surface area contributed by atoms with E-state index in [1.165, 1.54) is 25.8 Å². The van der Waals surface area contributed by atoms with E-state index in [1.54, 1.807) is 0 Å². The van der Waals surface area contributed by atoms with Crippen molar-refractivity contribution in [2.45, 2.75) is 50.8 Å². The highest BCUT2D eigenvalue weighted by atomic mass is 16.5. The molecule has 3 atom stereocenters. The second kappa shape index (κ2) is 7.43. The van der Waals surface area contributed by atoms with Crippen LogP contribution in [0.3, 0.4) is 0 Å². The number of hydrogen-bond acceptors (Lipinski definition) is 4. The lowest BCUT2D eigenvalue weighted by molar-refractivity contribution is 0.0165. The van der Waals surface area contributed by atoms with Crippen LogP contribution in [0.1, 0.15) is 32.6 Å². The minimum absolute atomic E-state index is 0.363. The Hall–Kier alpha value is -0.160. The van der Waals surface area contributed by atoms with Gasteiger partial charge in [-0.1, -0.05) is 0 Å². The highest BCUT2D eigenvalue weighted by Crippen LogP contribution is 2.14. The largest absolute Gasteiger partial charge is 0.379 e. The van der Waals surface area contributed by atoms with Gasteiger partial charge in [0, 0.05) is 31.8 Å². The van der Waals surface area contributed by atoms with Crippen molar-refractivity contribution in [2.24, 2.45) is 0 Å². The topological polar surface area (TPSA) is 33.7 Å². The molecule has 106 valence electrons. The molecule has 2 heterocycles. The monoisotopic (exact) mass is 256 g/mol. The summed E-state index contributed by atoms with van der Waals surface area (Å²) in [5.74, 6) is 0. The van der Waals surface area contributed by atoms with Crippen LogP contribution in [0.4, 0.5) is 0 Å². The van der Waals surface area contributed by atoms with Crippen LogP contribution in [0.15, 0.2) is 0 Å². The van der Waals surface area contributed by atoms with E-state index in [4.69, 9.17) is 9.47 Å². The van der Waals surface area contributed by atoms with E-state index in [-0.39, 0.29) is 0 Å². The second-order valence-corrected chi connectivity index (χ2v) is 5.74. The van der Waals surface area contributed by atoms with E-state index in [1.807, 2.05) is 0 Å². The maximum absolute atomic E-state index is 5.65. The Balaban J connectivity index is 1.42. The van der Waals surface area contributed by atoms with Crippen LogP contribution in [0.2, 0.25) is 0 Å². The van der Waals surface area contributed by atoms with E-state index in [2.05, 4.69) is 24.2 Å². The van der Waals surface area contributed by atoms with Gasteiger partial charge in [0.1, 0.15) is 0 Å². The van der Waals surface area contributed by atoms with Gasteiger partial charge in [0.2, 0.25) is 0 Å². The molecule has 0 aliphatic carbocycles. The van der Waals surface area contributed by atoms with Crippen LogP contribution in [0.5, 0.6) is 0 Å². The fraction of sp³-hybridized carbons (Fsp3) is 1.00. The van der Waals surface area contributed by atoms with Crippen molar-refractivity contribution >= 4 is 0 Å². The van der Waals surface area contributed by atoms with Gasteiger partial charge in [0.25, 0.3) is 0 Å². The average molecular weight is 256 g/mol. The summed E-state index contributed by atoms with van der Waals surface area (Å²) >= 11 is 0. The first-order valence-corrected chi connectivity index (χ1v) is 7.38. The van der Waals surface area contributed by atoms with Gasteiger partial charge < -0.3 is 19.7 Å². The van der Waals surface area contributed by atoms with Crippen molar-refractivity contribution in [3.8, 4) is 0 Å². The molecule has 3 unspecified atom stereocenters. The normalized spacial score (nSPS) is 33.3. The predicted molar refractivity (Wildman–Crippen MR) is 72.9 cm³/mol. The Labute approximate surface area is 111 Å². The molecule has 0 radical (unpaired) electrons. The molecule has 2 rings (SSSR count). The smallest absolute Gasteiger partial charge is 0.0809 e. The predicted octanol–water partition coefficient (Wildman–Crippen LogP) is 1.25. The molecule has 0 spiro atoms. The zero-order chi connectivity index (χ0) is 12.8. The minimum atomic E-state index is 0.363. The van der Waals surface area contributed by atoms with Crippen molar-refractivity contribution in [3.63, 3.8) is 0 Å². The van der Waals surface area contributed by atoms with Crippen molar-refractivity contribution in [2.75, 3.05) is 40.0 Å². The van der Waals surface area contributed by atoms with Crippen LogP contribution < -0.4 is 5.32 Å². The number of nitrogens with zero attached hydrogens (tertiary/aromatic N) is 1. The molecule has 2 fully saturated rings. The first kappa shape index (κ1) is 14.3. The fourth-order valence-corrected chi connectivity index (χ4v) is 2.81. The Morgan fingerprint density at radius 1 is 1.44 bits per heavy atom. The van der Waals surface area contributed by atoms with E-state index >= 15 is 0 Å². The highest BCUT2D eigenvalue weighted by molar-refractivity contribution is 4.84. The Bertz CT molecular complexity index is 222. The Morgan fingerprint density at radius 2 is 2.33 bits per heavy atom. The van der Waals surface area contributed by atoms with Crippen LogP contribution >= 0.6 is 0 Å². The number of nitrogens with one attached hydrogen (secondary N) is 1. The average Bonchev–Trinajstić information content (AvgIpc) is 2.95. The summed E-state index contributed by atoms with van der Waals surface area (Å²) in [5.41, 5.74) is 0. The lowest BCUT2D eigenvalue weighted by Gasteiger charge is -2.14. The third kappa shape index (κ3) is 4.50. The van der Waals surface area contributed by atoms with Gasteiger partial charge >= 0.3 is 0 Å². The molecule has 0 bridgehead atoms. The molecule has 18 heavy (non-hydrogen) atoms. The van der Waals surface area contributed by atoms with Gasteiger partial charge in [-0.3, -0.25) is 0 Å². The summed E-state index contributed by atoms with van der Waals surface area (Å²) in [6.07, 6.45) is 5.10. The molecule has 4 nitrogen and oxygen atoms in total. The zero-order valence-electron chi connectivity index (χ0n) is 11.9. The maximum Gasteiger partial charge on any atom is 0.0809 e. The summed E-state index contributed by atoms with van der Waals surface area (Å²) in [5, 5.41) is 3.62. The standard InChI is InChI=1S/C14H28N2O2/c1-12-9-13(10-16(12)2)15-6-4-7-17-11-14-5-3-8-18-14/h12-15H,3-11H2,1-2H3. The number of rotatable bonds is 7. The molecule has 0 aromatic rings. The number of likely N-dealkylation sites (tertiary alicyclic amines) is 1. The lowest BCUT2D eigenvalue weighted by Crippen LogP contribution is -2.32. The number of ether oxygens (including phenoxy) is 2. The summed E-state index contributed by atoms with van der Waals surface area (Å²) in [4.78, 5) is 2.42. The first-order valence-electron chi connectivity index (χ1n) is 7.38. The molecule has 2 aliphatic heterocycles. The summed E-state index contributed by atoms with van der Waals surface area (Å²) < 4.78 is 11.2. The third-order valence-corrected chi connectivity index (χ3v) is 4.11. The maximum atomic E-state index is 5.65. The molecule has 0 aromatic carbocycles. The number of likely N-dealkylation sites (N-methyl/N-ethyl adjacent to an activating group) is 1. The van der Waals surface area contributed by atoms with E-state index in [9.17, 15) is 0 Å². The fourth-order valence-electron chi connectivity index (χ4n) is 2.81. The van der Waals surface area contributed by atoms with Crippen molar-refractivity contribution < 1.29 is 9.47 Å². The van der Waals surface area contributed by atoms with Crippen LogP contribution in [-0.4, -0.2) is 63.0 Å². The van der Waals surface area contributed by atoms with Gasteiger partial charge in [-0.2, -0.15) is 0 Å². The highest BCUT2D eigenvalue weighted by Gasteiger charge is 2.25. The molecular weight excluding hydrogens is 228 g/mol. The molecule has 0 amide bonds. The molecule has 0 aromatic heterocycles. The van der Waals surface area contributed by atoms with Crippen LogP contribution in [0, 0.1) is 0 Å². The van der Waals surface area contributed by atoms with Gasteiger partial charge in [-0.15, -0.1) is 0 Å². The van der Waals surface area contributed by atoms with Crippen LogP contribution in [-0.2, 0) is 9.47 Å². The van der Waals surface area contributed by atoms with Crippen LogP contribution in [0.25, 0.3) is 0 Å². The molecular formula is C14H28N2O2. The third-order valence-electron chi connectivity index (χ3n) is 4.11. The number of hydrogen-bond donors (Lipinski definition) is 1. The van der Waals surface area contributed by atoms with Gasteiger partial charge in [0.15, 0.2) is 0 Å². The lowest BCUT2D eigenvalue weighted by atomic mass is 10.2. The molecule has 1 N–H and O–H groups in total. The summed E-state index contributed by atoms with van der Waals surface area (Å²) in [6.45, 7) is 7.10. The molecule has 0 saturated carbocycles. The quantitative estimate of drug-likeness (QED) is 0.695.